The van der Waals surface area contributed by atoms with Gasteiger partial charge < -0.3 is 15.4 Å². The first-order chi connectivity index (χ1) is 14.5. The number of nitrogens with one attached hydrogen (secondary N) is 2. The van der Waals surface area contributed by atoms with Crippen LogP contribution in [-0.4, -0.2) is 45.1 Å². The zero-order chi connectivity index (χ0) is 21.5. The zero-order valence-electron chi connectivity index (χ0n) is 17.8. The standard InChI is InChI=1S/C20H25N7O2S.HI/c1-5-29-19(28)17-13(2)25-18(30-17)14(3)26-20(21-4)24-11-15-6-7-16(23-10-15)27-9-8-22-12-27;/h6-10,12,14H,5,11H2,1-4H3,(H2,21,24,26);1H. The second-order valence-corrected chi connectivity index (χ2v) is 7.50. The Balaban J connectivity index is 0.00000341. The van der Waals surface area contributed by atoms with Crippen LogP contribution in [0.3, 0.4) is 0 Å². The molecule has 0 fully saturated rings. The molecule has 0 aliphatic heterocycles. The summed E-state index contributed by atoms with van der Waals surface area (Å²) in [7, 11) is 1.71. The molecule has 0 saturated carbocycles. The number of guanidine groups is 1. The van der Waals surface area contributed by atoms with Gasteiger partial charge in [-0.1, -0.05) is 6.07 Å². The lowest BCUT2D eigenvalue weighted by Crippen LogP contribution is -2.38. The van der Waals surface area contributed by atoms with Crippen molar-refractivity contribution in [1.29, 1.82) is 0 Å². The van der Waals surface area contributed by atoms with Gasteiger partial charge in [0.15, 0.2) is 5.96 Å². The van der Waals surface area contributed by atoms with Gasteiger partial charge in [-0.2, -0.15) is 0 Å². The van der Waals surface area contributed by atoms with Crippen molar-refractivity contribution in [3.63, 3.8) is 0 Å². The van der Waals surface area contributed by atoms with Crippen molar-refractivity contribution >= 4 is 47.2 Å². The first kappa shape index (κ1) is 24.7. The van der Waals surface area contributed by atoms with Gasteiger partial charge in [-0.05, 0) is 32.4 Å². The van der Waals surface area contributed by atoms with Gasteiger partial charge >= 0.3 is 5.97 Å². The van der Waals surface area contributed by atoms with Crippen LogP contribution >= 0.6 is 35.3 Å². The number of pyridine rings is 1. The molecule has 3 rings (SSSR count). The number of nitrogens with zero attached hydrogens (tertiary/aromatic N) is 5. The fourth-order valence-corrected chi connectivity index (χ4v) is 3.67. The van der Waals surface area contributed by atoms with E-state index in [4.69, 9.17) is 4.74 Å². The molecule has 0 aliphatic carbocycles. The molecule has 31 heavy (non-hydrogen) atoms. The SMILES string of the molecule is CCOC(=O)c1sc(C(C)NC(=NC)NCc2ccc(-n3ccnc3)nc2)nc1C.I. The summed E-state index contributed by atoms with van der Waals surface area (Å²) in [6, 6.07) is 3.82. The van der Waals surface area contributed by atoms with E-state index in [2.05, 4.69) is 30.6 Å². The quantitative estimate of drug-likeness (QED) is 0.200. The lowest BCUT2D eigenvalue weighted by atomic mass is 10.3. The molecule has 0 aliphatic rings. The second-order valence-electron chi connectivity index (χ2n) is 6.47. The average Bonchev–Trinajstić information content (AvgIpc) is 3.41. The van der Waals surface area contributed by atoms with Crippen molar-refractivity contribution in [2.45, 2.75) is 33.4 Å². The molecule has 9 nitrogen and oxygen atoms in total. The number of aromatic nitrogens is 4. The van der Waals surface area contributed by atoms with Gasteiger partial charge in [-0.25, -0.2) is 19.7 Å². The van der Waals surface area contributed by atoms with Crippen LogP contribution in [-0.2, 0) is 11.3 Å². The van der Waals surface area contributed by atoms with Gasteiger partial charge in [-0.3, -0.25) is 9.56 Å². The molecule has 2 N–H and O–H groups in total. The molecular weight excluding hydrogens is 529 g/mol. The Morgan fingerprint density at radius 2 is 2.19 bits per heavy atom. The van der Waals surface area contributed by atoms with E-state index in [1.54, 1.807) is 26.5 Å². The Kier molecular flexibility index (Phi) is 9.37. The fraction of sp³-hybridized carbons (Fsp3) is 0.350. The number of ether oxygens (including phenoxy) is 1. The monoisotopic (exact) mass is 555 g/mol. The van der Waals surface area contributed by atoms with Crippen LogP contribution in [0.2, 0.25) is 0 Å². The van der Waals surface area contributed by atoms with Gasteiger partial charge in [0, 0.05) is 32.2 Å². The number of aryl methyl sites for hydroxylation is 1. The van der Waals surface area contributed by atoms with E-state index in [-0.39, 0.29) is 36.0 Å². The molecule has 0 spiro atoms. The van der Waals surface area contributed by atoms with E-state index in [0.717, 1.165) is 16.4 Å². The van der Waals surface area contributed by atoms with Crippen LogP contribution in [0.5, 0.6) is 0 Å². The highest BCUT2D eigenvalue weighted by Crippen LogP contribution is 2.24. The molecule has 0 radical (unpaired) electrons. The molecule has 0 aromatic carbocycles. The second kappa shape index (κ2) is 11.7. The third-order valence-electron chi connectivity index (χ3n) is 4.26. The number of halogens is 1. The number of carbonyl (C=O) groups is 1. The Hall–Kier alpha value is -2.54. The number of hydrogen-bond acceptors (Lipinski definition) is 7. The summed E-state index contributed by atoms with van der Waals surface area (Å²) in [5, 5.41) is 7.37. The molecule has 3 heterocycles. The van der Waals surface area contributed by atoms with Crippen LogP contribution < -0.4 is 10.6 Å². The van der Waals surface area contributed by atoms with Crippen molar-refractivity contribution in [1.82, 2.24) is 30.2 Å². The first-order valence-corrected chi connectivity index (χ1v) is 10.4. The van der Waals surface area contributed by atoms with E-state index in [1.165, 1.54) is 11.3 Å². The number of thiazole rings is 1. The minimum atomic E-state index is -0.333. The number of esters is 1. The van der Waals surface area contributed by atoms with Gasteiger partial charge in [-0.15, -0.1) is 35.3 Å². The molecular formula is C20H26IN7O2S. The molecule has 11 heteroatoms. The number of hydrogen-bond donors (Lipinski definition) is 2. The maximum absolute atomic E-state index is 12.0. The largest absolute Gasteiger partial charge is 0.462 e. The molecule has 0 bridgehead atoms. The van der Waals surface area contributed by atoms with Crippen LogP contribution in [0.15, 0.2) is 42.0 Å². The van der Waals surface area contributed by atoms with Crippen molar-refractivity contribution in [3.8, 4) is 5.82 Å². The van der Waals surface area contributed by atoms with Crippen molar-refractivity contribution in [2.75, 3.05) is 13.7 Å². The highest BCUT2D eigenvalue weighted by molar-refractivity contribution is 14.0. The van der Waals surface area contributed by atoms with Crippen LogP contribution in [0.25, 0.3) is 5.82 Å². The fourth-order valence-electron chi connectivity index (χ4n) is 2.70. The van der Waals surface area contributed by atoms with E-state index < -0.39 is 0 Å². The van der Waals surface area contributed by atoms with E-state index in [1.807, 2.05) is 42.9 Å². The third-order valence-corrected chi connectivity index (χ3v) is 5.58. The summed E-state index contributed by atoms with van der Waals surface area (Å²) in [4.78, 5) is 29.8. The summed E-state index contributed by atoms with van der Waals surface area (Å²) >= 11 is 1.33. The maximum atomic E-state index is 12.0. The molecule has 3 aromatic rings. The van der Waals surface area contributed by atoms with E-state index in [9.17, 15) is 4.79 Å². The summed E-state index contributed by atoms with van der Waals surface area (Å²) in [5.74, 6) is 1.11. The molecule has 1 unspecified atom stereocenters. The van der Waals surface area contributed by atoms with Crippen LogP contribution in [0.4, 0.5) is 0 Å². The topological polar surface area (TPSA) is 106 Å². The number of carbonyl (C=O) groups excluding carboxylic acids is 1. The smallest absolute Gasteiger partial charge is 0.350 e. The lowest BCUT2D eigenvalue weighted by Gasteiger charge is -2.16. The van der Waals surface area contributed by atoms with Crippen molar-refractivity contribution in [2.24, 2.45) is 4.99 Å². The Morgan fingerprint density at radius 1 is 1.39 bits per heavy atom. The Labute approximate surface area is 202 Å². The molecule has 0 saturated heterocycles. The van der Waals surface area contributed by atoms with Crippen molar-refractivity contribution < 1.29 is 9.53 Å². The maximum Gasteiger partial charge on any atom is 0.350 e. The Bertz CT molecular complexity index is 1000. The first-order valence-electron chi connectivity index (χ1n) is 9.56. The minimum Gasteiger partial charge on any atom is -0.462 e. The molecule has 3 aromatic heterocycles. The van der Waals surface area contributed by atoms with Gasteiger partial charge in [0.2, 0.25) is 0 Å². The summed E-state index contributed by atoms with van der Waals surface area (Å²) < 4.78 is 6.93. The number of rotatable bonds is 7. The van der Waals surface area contributed by atoms with E-state index in [0.29, 0.717) is 29.7 Å². The number of imidazole rings is 1. The predicted molar refractivity (Wildman–Crippen MR) is 131 cm³/mol. The van der Waals surface area contributed by atoms with Crippen molar-refractivity contribution in [3.05, 3.63) is 58.2 Å². The highest BCUT2D eigenvalue weighted by Gasteiger charge is 2.20. The summed E-state index contributed by atoms with van der Waals surface area (Å²) in [6.45, 7) is 6.48. The molecule has 1 atom stereocenters. The van der Waals surface area contributed by atoms with Gasteiger partial charge in [0.25, 0.3) is 0 Å². The Morgan fingerprint density at radius 3 is 2.81 bits per heavy atom. The van der Waals surface area contributed by atoms with Gasteiger partial charge in [0.05, 0.1) is 18.3 Å². The summed E-state index contributed by atoms with van der Waals surface area (Å²) in [5.41, 5.74) is 1.69. The van der Waals surface area contributed by atoms with Gasteiger partial charge in [0.1, 0.15) is 22.0 Å². The highest BCUT2D eigenvalue weighted by atomic mass is 127. The number of aliphatic imine (C=N–C) groups is 1. The summed E-state index contributed by atoms with van der Waals surface area (Å²) in [6.07, 6.45) is 7.09. The predicted octanol–water partition coefficient (Wildman–Crippen LogP) is 3.25. The average molecular weight is 555 g/mol. The van der Waals surface area contributed by atoms with Crippen LogP contribution in [0.1, 0.15) is 45.8 Å². The lowest BCUT2D eigenvalue weighted by molar-refractivity contribution is 0.0531. The molecule has 166 valence electrons. The van der Waals surface area contributed by atoms with E-state index >= 15 is 0 Å². The zero-order valence-corrected chi connectivity index (χ0v) is 21.0. The normalized spacial score (nSPS) is 12.1. The minimum absolute atomic E-state index is 0. The molecule has 0 amide bonds. The third kappa shape index (κ3) is 6.47. The van der Waals surface area contributed by atoms with Crippen LogP contribution in [0, 0.1) is 6.92 Å².